The lowest BCUT2D eigenvalue weighted by atomic mass is 10.0. The molecule has 1 N–H and O–H groups in total. The normalized spacial score (nSPS) is 11.3. The Morgan fingerprint density at radius 2 is 2.18 bits per heavy atom. The molecule has 0 radical (unpaired) electrons. The fourth-order valence-corrected chi connectivity index (χ4v) is 4.10. The molecule has 0 bridgehead atoms. The summed E-state index contributed by atoms with van der Waals surface area (Å²) in [5.41, 5.74) is 3.26. The van der Waals surface area contributed by atoms with E-state index < -0.39 is 0 Å². The number of carbonyl (C=O) groups excluding carboxylic acids is 1. The first kappa shape index (κ1) is 18.7. The van der Waals surface area contributed by atoms with E-state index in [0.717, 1.165) is 22.5 Å². The summed E-state index contributed by atoms with van der Waals surface area (Å²) >= 11 is 7.67. The van der Waals surface area contributed by atoms with Gasteiger partial charge in [0.25, 0.3) is 5.91 Å². The molecule has 3 heterocycles. The second kappa shape index (κ2) is 7.73. The molecule has 7 heteroatoms. The van der Waals surface area contributed by atoms with Crippen LogP contribution < -0.4 is 5.32 Å². The van der Waals surface area contributed by atoms with Crippen LogP contribution in [0.25, 0.3) is 16.0 Å². The second-order valence-electron chi connectivity index (χ2n) is 6.99. The third-order valence-electron chi connectivity index (χ3n) is 4.33. The fraction of sp³-hybridized carbons (Fsp3) is 0.190. The lowest BCUT2D eigenvalue weighted by Gasteiger charge is -2.02. The van der Waals surface area contributed by atoms with Gasteiger partial charge in [0.2, 0.25) is 0 Å². The van der Waals surface area contributed by atoms with Crippen LogP contribution in [0.1, 0.15) is 29.9 Å². The first-order chi connectivity index (χ1) is 13.5. The zero-order valence-electron chi connectivity index (χ0n) is 15.5. The number of amides is 1. The summed E-state index contributed by atoms with van der Waals surface area (Å²) in [6.07, 6.45) is 6.33. The molecule has 28 heavy (non-hydrogen) atoms. The molecule has 0 fully saturated rings. The highest BCUT2D eigenvalue weighted by atomic mass is 35.5. The molecular weight excluding hydrogens is 392 g/mol. The molecule has 3 aromatic heterocycles. The summed E-state index contributed by atoms with van der Waals surface area (Å²) < 4.78 is 2.02. The van der Waals surface area contributed by atoms with Gasteiger partial charge in [-0.3, -0.25) is 14.3 Å². The molecule has 1 aromatic carbocycles. The van der Waals surface area contributed by atoms with E-state index in [0.29, 0.717) is 22.3 Å². The summed E-state index contributed by atoms with van der Waals surface area (Å²) in [5.74, 6) is 0.277. The number of halogens is 1. The molecule has 4 rings (SSSR count). The summed E-state index contributed by atoms with van der Waals surface area (Å²) in [6.45, 7) is 4.40. The third kappa shape index (κ3) is 3.79. The number of rotatable bonds is 5. The number of fused-ring (bicyclic) bond motifs is 1. The molecule has 0 unspecified atom stereocenters. The van der Waals surface area contributed by atoms with Crippen LogP contribution in [0.15, 0.2) is 54.3 Å². The number of carbonyl (C=O) groups is 1. The Morgan fingerprint density at radius 1 is 1.32 bits per heavy atom. The van der Waals surface area contributed by atoms with Crippen molar-refractivity contribution in [2.45, 2.75) is 20.3 Å². The van der Waals surface area contributed by atoms with Gasteiger partial charge in [0.1, 0.15) is 5.69 Å². The number of pyridine rings is 1. The van der Waals surface area contributed by atoms with Crippen molar-refractivity contribution in [3.63, 3.8) is 0 Å². The van der Waals surface area contributed by atoms with Gasteiger partial charge in [0.05, 0.1) is 17.4 Å². The number of anilines is 1. The van der Waals surface area contributed by atoms with Crippen molar-refractivity contribution in [3.05, 3.63) is 70.6 Å². The van der Waals surface area contributed by atoms with Gasteiger partial charge in [0, 0.05) is 28.2 Å². The van der Waals surface area contributed by atoms with Gasteiger partial charge in [-0.2, -0.15) is 0 Å². The van der Waals surface area contributed by atoms with Crippen LogP contribution in [0.4, 0.5) is 5.69 Å². The molecule has 0 aliphatic carbocycles. The van der Waals surface area contributed by atoms with Crippen LogP contribution in [0.5, 0.6) is 0 Å². The minimum atomic E-state index is -0.257. The van der Waals surface area contributed by atoms with Crippen molar-refractivity contribution in [3.8, 4) is 5.13 Å². The van der Waals surface area contributed by atoms with Crippen LogP contribution >= 0.6 is 22.9 Å². The highest BCUT2D eigenvalue weighted by molar-refractivity contribution is 7.12. The van der Waals surface area contributed by atoms with Crippen molar-refractivity contribution >= 4 is 45.4 Å². The molecule has 142 valence electrons. The van der Waals surface area contributed by atoms with E-state index >= 15 is 0 Å². The Balaban J connectivity index is 1.69. The molecule has 0 saturated heterocycles. The van der Waals surface area contributed by atoms with Gasteiger partial charge in [-0.15, -0.1) is 11.3 Å². The fourth-order valence-electron chi connectivity index (χ4n) is 3.14. The number of hydrogen-bond acceptors (Lipinski definition) is 4. The minimum Gasteiger partial charge on any atom is -0.319 e. The van der Waals surface area contributed by atoms with Crippen molar-refractivity contribution < 1.29 is 4.79 Å². The summed E-state index contributed by atoms with van der Waals surface area (Å²) in [4.78, 5) is 21.1. The Morgan fingerprint density at radius 3 is 2.93 bits per heavy atom. The minimum absolute atomic E-state index is 0.257. The Hall–Kier alpha value is -2.70. The van der Waals surface area contributed by atoms with Gasteiger partial charge in [-0.1, -0.05) is 31.5 Å². The van der Waals surface area contributed by atoms with Gasteiger partial charge < -0.3 is 5.32 Å². The highest BCUT2D eigenvalue weighted by Gasteiger charge is 2.16. The lowest BCUT2D eigenvalue weighted by molar-refractivity contribution is 0.102. The zero-order valence-corrected chi connectivity index (χ0v) is 17.1. The van der Waals surface area contributed by atoms with Gasteiger partial charge >= 0.3 is 0 Å². The maximum absolute atomic E-state index is 12.5. The van der Waals surface area contributed by atoms with Crippen LogP contribution in [0, 0.1) is 5.92 Å². The highest BCUT2D eigenvalue weighted by Crippen LogP contribution is 2.30. The SMILES string of the molecule is CC(C)Cc1cn(-c2nc(C(=O)Nc3cccnc3)cs2)c2cc(Cl)ccc12. The molecule has 4 aromatic rings. The average molecular weight is 411 g/mol. The van der Waals surface area contributed by atoms with E-state index in [9.17, 15) is 4.79 Å². The number of thiazole rings is 1. The zero-order chi connectivity index (χ0) is 19.7. The Bertz CT molecular complexity index is 1130. The molecule has 0 saturated carbocycles. The monoisotopic (exact) mass is 410 g/mol. The average Bonchev–Trinajstić information content (AvgIpc) is 3.27. The Labute approximate surface area is 172 Å². The van der Waals surface area contributed by atoms with E-state index in [1.54, 1.807) is 29.9 Å². The van der Waals surface area contributed by atoms with Gasteiger partial charge in [-0.25, -0.2) is 4.98 Å². The molecule has 5 nitrogen and oxygen atoms in total. The first-order valence-electron chi connectivity index (χ1n) is 8.98. The maximum atomic E-state index is 12.5. The van der Waals surface area contributed by atoms with Gasteiger partial charge in [-0.05, 0) is 42.2 Å². The van der Waals surface area contributed by atoms with Crippen LogP contribution in [-0.2, 0) is 6.42 Å². The lowest BCUT2D eigenvalue weighted by Crippen LogP contribution is -2.12. The molecule has 0 aliphatic heterocycles. The number of nitrogens with one attached hydrogen (secondary N) is 1. The largest absolute Gasteiger partial charge is 0.319 e. The van der Waals surface area contributed by atoms with E-state index in [2.05, 4.69) is 41.4 Å². The van der Waals surface area contributed by atoms with Crippen molar-refractivity contribution in [2.24, 2.45) is 5.92 Å². The molecule has 0 atom stereocenters. The summed E-state index contributed by atoms with van der Waals surface area (Å²) in [7, 11) is 0. The number of nitrogens with zero attached hydrogens (tertiary/aromatic N) is 3. The van der Waals surface area contributed by atoms with E-state index in [4.69, 9.17) is 11.6 Å². The van der Waals surface area contributed by atoms with E-state index in [-0.39, 0.29) is 5.91 Å². The Kier molecular flexibility index (Phi) is 5.15. The standard InChI is InChI=1S/C21H19ClN4OS/c1-13(2)8-14-11-26(19-9-15(22)5-6-17(14)19)21-25-18(12-28-21)20(27)24-16-4-3-7-23-10-16/h3-7,9-13H,8H2,1-2H3,(H,24,27). The molecule has 0 aliphatic rings. The third-order valence-corrected chi connectivity index (χ3v) is 5.40. The van der Waals surface area contributed by atoms with Crippen molar-refractivity contribution in [2.75, 3.05) is 5.32 Å². The predicted molar refractivity (Wildman–Crippen MR) is 115 cm³/mol. The first-order valence-corrected chi connectivity index (χ1v) is 10.2. The maximum Gasteiger partial charge on any atom is 0.275 e. The molecule has 0 spiro atoms. The van der Waals surface area contributed by atoms with Crippen molar-refractivity contribution in [1.82, 2.24) is 14.5 Å². The summed E-state index contributed by atoms with van der Waals surface area (Å²) in [5, 5.41) is 7.15. The van der Waals surface area contributed by atoms with Crippen LogP contribution in [0.3, 0.4) is 0 Å². The van der Waals surface area contributed by atoms with E-state index in [1.165, 1.54) is 16.9 Å². The van der Waals surface area contributed by atoms with Gasteiger partial charge in [0.15, 0.2) is 5.13 Å². The summed E-state index contributed by atoms with van der Waals surface area (Å²) in [6, 6.07) is 9.46. The number of aromatic nitrogens is 3. The number of benzene rings is 1. The van der Waals surface area contributed by atoms with E-state index in [1.807, 2.05) is 16.7 Å². The smallest absolute Gasteiger partial charge is 0.275 e. The van der Waals surface area contributed by atoms with Crippen LogP contribution in [0.2, 0.25) is 5.02 Å². The van der Waals surface area contributed by atoms with Crippen LogP contribution in [-0.4, -0.2) is 20.4 Å². The quantitative estimate of drug-likeness (QED) is 0.466. The second-order valence-corrected chi connectivity index (χ2v) is 8.27. The number of hydrogen-bond donors (Lipinski definition) is 1. The topological polar surface area (TPSA) is 59.8 Å². The predicted octanol–water partition coefficient (Wildman–Crippen LogP) is 5.59. The molecular formula is C21H19ClN4OS. The van der Waals surface area contributed by atoms with Crippen molar-refractivity contribution in [1.29, 1.82) is 0 Å². The molecule has 1 amide bonds.